The number of likely N-dealkylation sites (N-methyl/N-ethyl adjacent to an activating group) is 2. The molecule has 0 bridgehead atoms. The highest BCUT2D eigenvalue weighted by Gasteiger charge is 2.20. The first-order valence-corrected chi connectivity index (χ1v) is 6.46. The lowest BCUT2D eigenvalue weighted by Gasteiger charge is -2.36. The molecule has 1 aromatic carbocycles. The number of benzene rings is 1. The van der Waals surface area contributed by atoms with Crippen LogP contribution in [0.25, 0.3) is 0 Å². The van der Waals surface area contributed by atoms with Crippen LogP contribution < -0.4 is 10.2 Å². The first-order valence-electron chi connectivity index (χ1n) is 6.46. The molecule has 1 fully saturated rings. The van der Waals surface area contributed by atoms with Crippen LogP contribution in [0.3, 0.4) is 0 Å². The molecule has 1 aliphatic rings. The van der Waals surface area contributed by atoms with E-state index >= 15 is 0 Å². The summed E-state index contributed by atoms with van der Waals surface area (Å²) in [4.78, 5) is 4.57. The van der Waals surface area contributed by atoms with E-state index in [1.807, 2.05) is 12.1 Å². The molecule has 2 rings (SSSR count). The fourth-order valence-electron chi connectivity index (χ4n) is 2.35. The number of piperazine rings is 1. The summed E-state index contributed by atoms with van der Waals surface area (Å²) in [5.74, 6) is -0.136. The molecule has 0 radical (unpaired) electrons. The molecule has 1 aromatic rings. The van der Waals surface area contributed by atoms with Crippen molar-refractivity contribution < 1.29 is 4.39 Å². The molecular formula is C14H22FN3. The highest BCUT2D eigenvalue weighted by atomic mass is 19.1. The van der Waals surface area contributed by atoms with E-state index < -0.39 is 0 Å². The second-order valence-electron chi connectivity index (χ2n) is 5.15. The van der Waals surface area contributed by atoms with Crippen molar-refractivity contribution >= 4 is 5.69 Å². The lowest BCUT2D eigenvalue weighted by atomic mass is 10.1. The van der Waals surface area contributed by atoms with Gasteiger partial charge in [0.05, 0.1) is 0 Å². The summed E-state index contributed by atoms with van der Waals surface area (Å²) in [6.45, 7) is 5.92. The topological polar surface area (TPSA) is 18.5 Å². The van der Waals surface area contributed by atoms with Gasteiger partial charge in [0.1, 0.15) is 5.82 Å². The quantitative estimate of drug-likeness (QED) is 0.878. The molecule has 100 valence electrons. The largest absolute Gasteiger partial charge is 0.373 e. The van der Waals surface area contributed by atoms with Crippen LogP contribution in [0, 0.1) is 12.7 Å². The molecule has 0 aliphatic carbocycles. The van der Waals surface area contributed by atoms with Gasteiger partial charge in [-0.05, 0) is 37.7 Å². The van der Waals surface area contributed by atoms with Gasteiger partial charge >= 0.3 is 0 Å². The number of halogens is 1. The highest BCUT2D eigenvalue weighted by Crippen LogP contribution is 2.18. The van der Waals surface area contributed by atoms with E-state index in [1.165, 1.54) is 0 Å². The van der Waals surface area contributed by atoms with Crippen molar-refractivity contribution in [3.05, 3.63) is 29.6 Å². The summed E-state index contributed by atoms with van der Waals surface area (Å²) in [5, 5.41) is 3.41. The minimum Gasteiger partial charge on any atom is -0.373 e. The van der Waals surface area contributed by atoms with Crippen LogP contribution in [0.15, 0.2) is 18.2 Å². The second-order valence-corrected chi connectivity index (χ2v) is 5.15. The number of hydrogen-bond donors (Lipinski definition) is 1. The van der Waals surface area contributed by atoms with E-state index in [9.17, 15) is 4.39 Å². The fourth-order valence-corrected chi connectivity index (χ4v) is 2.35. The molecule has 18 heavy (non-hydrogen) atoms. The molecule has 0 amide bonds. The van der Waals surface area contributed by atoms with Crippen molar-refractivity contribution in [3.8, 4) is 0 Å². The Labute approximate surface area is 109 Å². The van der Waals surface area contributed by atoms with E-state index in [2.05, 4.69) is 29.2 Å². The van der Waals surface area contributed by atoms with E-state index in [0.717, 1.165) is 31.9 Å². The number of nitrogens with zero attached hydrogens (tertiary/aromatic N) is 2. The van der Waals surface area contributed by atoms with Crippen LogP contribution in [-0.4, -0.2) is 51.2 Å². The van der Waals surface area contributed by atoms with Gasteiger partial charge in [-0.3, -0.25) is 4.90 Å². The molecule has 0 saturated carbocycles. The Hall–Kier alpha value is -1.13. The normalized spacial score (nSPS) is 21.0. The van der Waals surface area contributed by atoms with Crippen molar-refractivity contribution in [1.82, 2.24) is 10.2 Å². The molecule has 4 heteroatoms. The van der Waals surface area contributed by atoms with E-state index in [-0.39, 0.29) is 5.82 Å². The predicted octanol–water partition coefficient (Wildman–Crippen LogP) is 1.47. The Morgan fingerprint density at radius 1 is 1.50 bits per heavy atom. The van der Waals surface area contributed by atoms with Crippen LogP contribution in [0.1, 0.15) is 5.56 Å². The van der Waals surface area contributed by atoms with Crippen molar-refractivity contribution in [3.63, 3.8) is 0 Å². The second kappa shape index (κ2) is 5.67. The lowest BCUT2D eigenvalue weighted by molar-refractivity contribution is 0.204. The third-order valence-electron chi connectivity index (χ3n) is 3.71. The number of nitrogens with one attached hydrogen (secondary N) is 1. The molecule has 1 saturated heterocycles. The van der Waals surface area contributed by atoms with Crippen LogP contribution >= 0.6 is 0 Å². The fraction of sp³-hybridized carbons (Fsp3) is 0.571. The zero-order chi connectivity index (χ0) is 13.1. The van der Waals surface area contributed by atoms with Crippen LogP contribution in [0.2, 0.25) is 0 Å². The molecule has 1 aliphatic heterocycles. The first kappa shape index (κ1) is 13.3. The Morgan fingerprint density at radius 3 is 2.94 bits per heavy atom. The molecule has 0 spiro atoms. The van der Waals surface area contributed by atoms with Crippen LogP contribution in [0.5, 0.6) is 0 Å². The van der Waals surface area contributed by atoms with Crippen LogP contribution in [-0.2, 0) is 0 Å². The number of anilines is 1. The van der Waals surface area contributed by atoms with Gasteiger partial charge < -0.3 is 10.2 Å². The van der Waals surface area contributed by atoms with E-state index in [4.69, 9.17) is 0 Å². The number of aryl methyl sites for hydroxylation is 1. The van der Waals surface area contributed by atoms with Gasteiger partial charge in [-0.15, -0.1) is 0 Å². The standard InChI is InChI=1S/C14H22FN3/c1-11-8-12(4-5-14(11)15)18(3)10-13-9-16-6-7-17(13)2/h4-5,8,13,16H,6-7,9-10H2,1-3H3. The van der Waals surface area contributed by atoms with Gasteiger partial charge in [0.25, 0.3) is 0 Å². The van der Waals surface area contributed by atoms with Crippen molar-refractivity contribution in [2.75, 3.05) is 45.2 Å². The first-order chi connectivity index (χ1) is 8.58. The maximum Gasteiger partial charge on any atom is 0.126 e. The monoisotopic (exact) mass is 251 g/mol. The Bertz CT molecular complexity index is 408. The van der Waals surface area contributed by atoms with Crippen molar-refractivity contribution in [1.29, 1.82) is 0 Å². The average Bonchev–Trinajstić information content (AvgIpc) is 2.35. The SMILES string of the molecule is Cc1cc(N(C)CC2CNCCN2C)ccc1F. The number of hydrogen-bond acceptors (Lipinski definition) is 3. The molecule has 1 N–H and O–H groups in total. The summed E-state index contributed by atoms with van der Waals surface area (Å²) < 4.78 is 13.2. The summed E-state index contributed by atoms with van der Waals surface area (Å²) in [6, 6.07) is 5.81. The summed E-state index contributed by atoms with van der Waals surface area (Å²) >= 11 is 0. The minimum atomic E-state index is -0.136. The van der Waals surface area contributed by atoms with Gasteiger partial charge in [-0.2, -0.15) is 0 Å². The van der Waals surface area contributed by atoms with Crippen LogP contribution in [0.4, 0.5) is 10.1 Å². The lowest BCUT2D eigenvalue weighted by Crippen LogP contribution is -2.53. The Kier molecular flexibility index (Phi) is 4.19. The van der Waals surface area contributed by atoms with Gasteiger partial charge in [0.2, 0.25) is 0 Å². The maximum absolute atomic E-state index is 13.2. The van der Waals surface area contributed by atoms with E-state index in [1.54, 1.807) is 13.0 Å². The van der Waals surface area contributed by atoms with Gasteiger partial charge in [-0.1, -0.05) is 0 Å². The zero-order valence-corrected chi connectivity index (χ0v) is 11.4. The number of rotatable bonds is 3. The summed E-state index contributed by atoms with van der Waals surface area (Å²) in [6.07, 6.45) is 0. The van der Waals surface area contributed by atoms with Gasteiger partial charge in [0, 0.05) is 45.0 Å². The Balaban J connectivity index is 2.02. The Morgan fingerprint density at radius 2 is 2.28 bits per heavy atom. The summed E-state index contributed by atoms with van der Waals surface area (Å²) in [7, 11) is 4.23. The summed E-state index contributed by atoms with van der Waals surface area (Å²) in [5.41, 5.74) is 1.78. The predicted molar refractivity (Wildman–Crippen MR) is 73.7 cm³/mol. The average molecular weight is 251 g/mol. The van der Waals surface area contributed by atoms with Gasteiger partial charge in [0.15, 0.2) is 0 Å². The molecule has 3 nitrogen and oxygen atoms in total. The highest BCUT2D eigenvalue weighted by molar-refractivity contribution is 5.48. The maximum atomic E-state index is 13.2. The molecule has 0 aromatic heterocycles. The zero-order valence-electron chi connectivity index (χ0n) is 11.4. The van der Waals surface area contributed by atoms with Gasteiger partial charge in [-0.25, -0.2) is 4.39 Å². The smallest absolute Gasteiger partial charge is 0.126 e. The molecule has 1 unspecified atom stereocenters. The molecule has 1 atom stereocenters. The molecular weight excluding hydrogens is 229 g/mol. The van der Waals surface area contributed by atoms with Crippen molar-refractivity contribution in [2.45, 2.75) is 13.0 Å². The minimum absolute atomic E-state index is 0.136. The van der Waals surface area contributed by atoms with E-state index in [0.29, 0.717) is 11.6 Å². The molecule has 1 heterocycles. The van der Waals surface area contributed by atoms with Crippen molar-refractivity contribution in [2.24, 2.45) is 0 Å². The third-order valence-corrected chi connectivity index (χ3v) is 3.71. The third kappa shape index (κ3) is 3.00.